The van der Waals surface area contributed by atoms with Gasteiger partial charge in [0.2, 0.25) is 7.98 Å². The van der Waals surface area contributed by atoms with Crippen molar-refractivity contribution in [1.82, 2.24) is 19.1 Å². The van der Waals surface area contributed by atoms with Gasteiger partial charge in [-0.05, 0) is 38.2 Å². The van der Waals surface area contributed by atoms with Crippen LogP contribution < -0.4 is 4.81 Å². The molecule has 1 N–H and O–H groups in total. The molecule has 0 saturated carbocycles. The Hall–Kier alpha value is -3.38. The maximum atomic E-state index is 14.1. The highest BCUT2D eigenvalue weighted by Gasteiger charge is 2.21. The smallest absolute Gasteiger partial charge is 0.219 e. The quantitative estimate of drug-likeness (QED) is 0.539. The summed E-state index contributed by atoms with van der Waals surface area (Å²) < 4.78 is 17.9. The number of nitrogens with zero attached hydrogens (tertiary/aromatic N) is 6. The van der Waals surface area contributed by atoms with E-state index in [2.05, 4.69) is 4.98 Å². The minimum atomic E-state index is -0.639. The van der Waals surface area contributed by atoms with Crippen molar-refractivity contribution < 1.29 is 9.50 Å². The van der Waals surface area contributed by atoms with Crippen LogP contribution in [-0.2, 0) is 13.6 Å². The van der Waals surface area contributed by atoms with E-state index in [-0.39, 0.29) is 12.1 Å². The summed E-state index contributed by atoms with van der Waals surface area (Å²) >= 11 is 0. The van der Waals surface area contributed by atoms with Crippen molar-refractivity contribution in [2.45, 2.75) is 19.6 Å². The lowest BCUT2D eigenvalue weighted by atomic mass is 10.1. The van der Waals surface area contributed by atoms with E-state index >= 15 is 0 Å². The normalized spacial score (nSPS) is 12.4. The van der Waals surface area contributed by atoms with Crippen LogP contribution in [0.25, 0.3) is 33.3 Å². The van der Waals surface area contributed by atoms with E-state index in [1.54, 1.807) is 19.3 Å². The van der Waals surface area contributed by atoms with Crippen LogP contribution in [0.15, 0.2) is 30.6 Å². The van der Waals surface area contributed by atoms with Crippen LogP contribution in [-0.4, -0.2) is 45.3 Å². The number of anilines is 1. The number of aryl methyl sites for hydroxylation is 1. The highest BCUT2D eigenvalue weighted by molar-refractivity contribution is 6.20. The van der Waals surface area contributed by atoms with Crippen LogP contribution in [0.4, 0.5) is 10.2 Å². The lowest BCUT2D eigenvalue weighted by molar-refractivity contribution is 0.175. The molecule has 4 rings (SSSR count). The molecule has 4 aromatic rings. The van der Waals surface area contributed by atoms with Gasteiger partial charge in [0.15, 0.2) is 0 Å². The van der Waals surface area contributed by atoms with Gasteiger partial charge in [-0.2, -0.15) is 5.26 Å². The molecule has 29 heavy (non-hydrogen) atoms. The number of fused-ring (bicyclic) bond motifs is 3. The van der Waals surface area contributed by atoms with E-state index in [9.17, 15) is 14.8 Å². The summed E-state index contributed by atoms with van der Waals surface area (Å²) in [5, 5.41) is 20.2. The number of imidazole rings is 1. The zero-order chi connectivity index (χ0) is 20.9. The van der Waals surface area contributed by atoms with Crippen molar-refractivity contribution in [3.8, 4) is 17.3 Å². The van der Waals surface area contributed by atoms with Gasteiger partial charge in [0.25, 0.3) is 0 Å². The molecule has 1 aromatic carbocycles. The minimum Gasteiger partial charge on any atom is -0.408 e. The average Bonchev–Trinajstić information content (AvgIpc) is 3.21. The number of hydrogen-bond acceptors (Lipinski definition) is 5. The summed E-state index contributed by atoms with van der Waals surface area (Å²) in [5.41, 5.74) is 3.82. The standard InChI is InChI=1S/C20H20BFN6O/c1-11(29)9-28-16(13-4-12(8-23)5-14(22)6-13)7-15-18-17(24-10-26(18)2)20(27(3)21)25-19(15)28/h4-7,10-11,29H,9,21H2,1-3H3. The Labute approximate surface area is 168 Å². The molecule has 0 aliphatic carbocycles. The average molecular weight is 390 g/mol. The van der Waals surface area contributed by atoms with Crippen molar-refractivity contribution in [3.63, 3.8) is 0 Å². The van der Waals surface area contributed by atoms with Crippen LogP contribution >= 0.6 is 0 Å². The first-order valence-corrected chi connectivity index (χ1v) is 9.21. The number of pyridine rings is 1. The summed E-state index contributed by atoms with van der Waals surface area (Å²) in [6, 6.07) is 8.15. The van der Waals surface area contributed by atoms with E-state index in [1.807, 2.05) is 48.2 Å². The number of hydrogen-bond donors (Lipinski definition) is 1. The first kappa shape index (κ1) is 19.0. The van der Waals surface area contributed by atoms with Gasteiger partial charge in [0, 0.05) is 18.0 Å². The predicted molar refractivity (Wildman–Crippen MR) is 113 cm³/mol. The van der Waals surface area contributed by atoms with Gasteiger partial charge in [-0.25, -0.2) is 14.4 Å². The fraction of sp³-hybridized carbons (Fsp3) is 0.250. The van der Waals surface area contributed by atoms with Gasteiger partial charge in [0.05, 0.1) is 41.8 Å². The third kappa shape index (κ3) is 3.11. The Bertz CT molecular complexity index is 1280. The van der Waals surface area contributed by atoms with Gasteiger partial charge in [-0.1, -0.05) is 0 Å². The van der Waals surface area contributed by atoms with Crippen molar-refractivity contribution >= 4 is 35.9 Å². The monoisotopic (exact) mass is 390 g/mol. The van der Waals surface area contributed by atoms with Crippen LogP contribution in [0, 0.1) is 17.1 Å². The topological polar surface area (TPSA) is 82.9 Å². The van der Waals surface area contributed by atoms with Gasteiger partial charge >= 0.3 is 0 Å². The molecule has 3 heterocycles. The third-order valence-corrected chi connectivity index (χ3v) is 4.88. The largest absolute Gasteiger partial charge is 0.408 e. The molecule has 0 fully saturated rings. The fourth-order valence-electron chi connectivity index (χ4n) is 3.70. The van der Waals surface area contributed by atoms with Gasteiger partial charge in [-0.3, -0.25) is 0 Å². The zero-order valence-electron chi connectivity index (χ0n) is 16.7. The van der Waals surface area contributed by atoms with E-state index < -0.39 is 11.9 Å². The summed E-state index contributed by atoms with van der Waals surface area (Å²) in [5.74, 6) is 0.224. The van der Waals surface area contributed by atoms with Crippen molar-refractivity contribution in [2.24, 2.45) is 7.05 Å². The Balaban J connectivity index is 2.13. The maximum absolute atomic E-state index is 14.1. The number of benzene rings is 1. The van der Waals surface area contributed by atoms with Crippen molar-refractivity contribution in [3.05, 3.63) is 42.0 Å². The first-order chi connectivity index (χ1) is 13.8. The summed E-state index contributed by atoms with van der Waals surface area (Å²) in [6.07, 6.45) is 1.10. The van der Waals surface area contributed by atoms with Crippen molar-refractivity contribution in [1.29, 1.82) is 5.26 Å². The van der Waals surface area contributed by atoms with E-state index in [0.29, 0.717) is 22.7 Å². The molecule has 3 aromatic heterocycles. The highest BCUT2D eigenvalue weighted by Crippen LogP contribution is 2.35. The molecule has 7 nitrogen and oxygen atoms in total. The molecule has 0 bridgehead atoms. The molecule has 0 aliphatic heterocycles. The molecule has 0 spiro atoms. The number of aliphatic hydroxyl groups is 1. The summed E-state index contributed by atoms with van der Waals surface area (Å²) in [4.78, 5) is 11.2. The molecular weight excluding hydrogens is 370 g/mol. The molecule has 1 unspecified atom stereocenters. The highest BCUT2D eigenvalue weighted by atomic mass is 19.1. The van der Waals surface area contributed by atoms with Crippen LogP contribution in [0.5, 0.6) is 0 Å². The second kappa shape index (κ2) is 6.90. The third-order valence-electron chi connectivity index (χ3n) is 4.88. The Morgan fingerprint density at radius 1 is 1.34 bits per heavy atom. The number of aliphatic hydroxyl groups excluding tert-OH is 1. The van der Waals surface area contributed by atoms with Gasteiger partial charge < -0.3 is 19.1 Å². The fourth-order valence-corrected chi connectivity index (χ4v) is 3.70. The lowest BCUT2D eigenvalue weighted by Crippen LogP contribution is -2.16. The number of aromatic nitrogens is 4. The van der Waals surface area contributed by atoms with Crippen molar-refractivity contribution in [2.75, 3.05) is 11.9 Å². The van der Waals surface area contributed by atoms with E-state index in [1.165, 1.54) is 12.1 Å². The Morgan fingerprint density at radius 2 is 2.10 bits per heavy atom. The SMILES string of the molecule is BN(C)c1nc2c(cc(-c3cc(F)cc(C#N)c3)n2CC(C)O)c2c1ncn2C. The molecule has 9 heteroatoms. The second-order valence-corrected chi connectivity index (χ2v) is 7.45. The number of halogens is 1. The molecule has 0 saturated heterocycles. The molecule has 146 valence electrons. The maximum Gasteiger partial charge on any atom is 0.219 e. The predicted octanol–water partition coefficient (Wildman–Crippen LogP) is 1.97. The first-order valence-electron chi connectivity index (χ1n) is 9.21. The van der Waals surface area contributed by atoms with E-state index in [0.717, 1.165) is 16.4 Å². The van der Waals surface area contributed by atoms with Crippen LogP contribution in [0.3, 0.4) is 0 Å². The molecule has 1 atom stereocenters. The van der Waals surface area contributed by atoms with Gasteiger partial charge in [0.1, 0.15) is 22.8 Å². The molecule has 0 amide bonds. The lowest BCUT2D eigenvalue weighted by Gasteiger charge is -2.16. The zero-order valence-corrected chi connectivity index (χ0v) is 16.7. The second-order valence-electron chi connectivity index (χ2n) is 7.45. The number of nitriles is 1. The molecule has 0 aliphatic rings. The molecule has 0 radical (unpaired) electrons. The Kier molecular flexibility index (Phi) is 4.51. The van der Waals surface area contributed by atoms with Crippen LogP contribution in [0.1, 0.15) is 12.5 Å². The number of rotatable bonds is 4. The molecular formula is C20H20BFN6O. The summed E-state index contributed by atoms with van der Waals surface area (Å²) in [7, 11) is 5.71. The van der Waals surface area contributed by atoms with Gasteiger partial charge in [-0.15, -0.1) is 0 Å². The van der Waals surface area contributed by atoms with E-state index in [4.69, 9.17) is 4.98 Å². The Morgan fingerprint density at radius 3 is 2.76 bits per heavy atom. The minimum absolute atomic E-state index is 0.237. The van der Waals surface area contributed by atoms with Crippen LogP contribution in [0.2, 0.25) is 0 Å². The summed E-state index contributed by atoms with van der Waals surface area (Å²) in [6.45, 7) is 1.97.